The van der Waals surface area contributed by atoms with E-state index in [2.05, 4.69) is 46.5 Å². The highest BCUT2D eigenvalue weighted by Gasteiger charge is 2.12. The summed E-state index contributed by atoms with van der Waals surface area (Å²) >= 11 is 0. The third-order valence-corrected chi connectivity index (χ3v) is 3.83. The SMILES string of the molecule is CCN(CC)c1ccc(NCC2CCCNC2)cn1. The Hall–Kier alpha value is -1.29. The first kappa shape index (κ1) is 14.1. The molecule has 2 N–H and O–H groups in total. The number of anilines is 2. The number of aromatic nitrogens is 1. The second-order valence-electron chi connectivity index (χ2n) is 5.17. The van der Waals surface area contributed by atoms with Crippen molar-refractivity contribution in [2.45, 2.75) is 26.7 Å². The van der Waals surface area contributed by atoms with Crippen LogP contribution in [-0.4, -0.2) is 37.7 Å². The standard InChI is InChI=1S/C15H26N4/c1-3-19(4-2)15-8-7-14(12-18-15)17-11-13-6-5-9-16-10-13/h7-8,12-13,16-17H,3-6,9-11H2,1-2H3. The number of hydrogen-bond donors (Lipinski definition) is 2. The molecule has 1 saturated heterocycles. The van der Waals surface area contributed by atoms with Crippen molar-refractivity contribution in [3.8, 4) is 0 Å². The monoisotopic (exact) mass is 262 g/mol. The van der Waals surface area contributed by atoms with E-state index in [9.17, 15) is 0 Å². The van der Waals surface area contributed by atoms with Crippen molar-refractivity contribution in [2.24, 2.45) is 5.92 Å². The molecule has 1 aliphatic rings. The lowest BCUT2D eigenvalue weighted by atomic mass is 10.00. The molecule has 0 aromatic carbocycles. The Kier molecular flexibility index (Phi) is 5.45. The Labute approximate surface area is 116 Å². The van der Waals surface area contributed by atoms with Crippen LogP contribution in [0.15, 0.2) is 18.3 Å². The van der Waals surface area contributed by atoms with E-state index in [4.69, 9.17) is 0 Å². The van der Waals surface area contributed by atoms with Crippen LogP contribution in [0, 0.1) is 5.92 Å². The van der Waals surface area contributed by atoms with E-state index < -0.39 is 0 Å². The Bertz CT molecular complexity index is 353. The normalized spacial score (nSPS) is 19.2. The fourth-order valence-electron chi connectivity index (χ4n) is 2.59. The number of hydrogen-bond acceptors (Lipinski definition) is 4. The summed E-state index contributed by atoms with van der Waals surface area (Å²) in [6.45, 7) is 9.68. The van der Waals surface area contributed by atoms with Gasteiger partial charge in [-0.15, -0.1) is 0 Å². The first-order valence-electron chi connectivity index (χ1n) is 7.49. The van der Waals surface area contributed by atoms with Gasteiger partial charge in [-0.05, 0) is 57.8 Å². The van der Waals surface area contributed by atoms with Crippen molar-refractivity contribution in [1.82, 2.24) is 10.3 Å². The second kappa shape index (κ2) is 7.34. The van der Waals surface area contributed by atoms with Gasteiger partial charge in [0, 0.05) is 19.6 Å². The summed E-state index contributed by atoms with van der Waals surface area (Å²) in [4.78, 5) is 6.79. The predicted octanol–water partition coefficient (Wildman–Crippen LogP) is 2.34. The van der Waals surface area contributed by atoms with Gasteiger partial charge in [0.1, 0.15) is 5.82 Å². The van der Waals surface area contributed by atoms with Crippen LogP contribution in [0.1, 0.15) is 26.7 Å². The molecule has 1 aromatic heterocycles. The summed E-state index contributed by atoms with van der Waals surface area (Å²) in [6, 6.07) is 4.24. The van der Waals surface area contributed by atoms with Gasteiger partial charge in [0.2, 0.25) is 0 Å². The number of piperidine rings is 1. The molecule has 0 spiro atoms. The van der Waals surface area contributed by atoms with E-state index in [1.165, 1.54) is 19.4 Å². The molecule has 1 aromatic rings. The lowest BCUT2D eigenvalue weighted by Gasteiger charge is -2.23. The molecule has 4 heteroatoms. The highest BCUT2D eigenvalue weighted by atomic mass is 15.2. The van der Waals surface area contributed by atoms with Gasteiger partial charge in [-0.3, -0.25) is 0 Å². The summed E-state index contributed by atoms with van der Waals surface area (Å²) in [5.74, 6) is 1.81. The smallest absolute Gasteiger partial charge is 0.128 e. The summed E-state index contributed by atoms with van der Waals surface area (Å²) in [5.41, 5.74) is 1.13. The van der Waals surface area contributed by atoms with Crippen LogP contribution in [0.3, 0.4) is 0 Å². The van der Waals surface area contributed by atoms with Crippen molar-refractivity contribution in [3.05, 3.63) is 18.3 Å². The van der Waals surface area contributed by atoms with Gasteiger partial charge < -0.3 is 15.5 Å². The van der Waals surface area contributed by atoms with Crippen LogP contribution < -0.4 is 15.5 Å². The Morgan fingerprint density at radius 3 is 2.79 bits per heavy atom. The van der Waals surface area contributed by atoms with Gasteiger partial charge >= 0.3 is 0 Å². The van der Waals surface area contributed by atoms with Crippen LogP contribution in [0.25, 0.3) is 0 Å². The van der Waals surface area contributed by atoms with E-state index >= 15 is 0 Å². The van der Waals surface area contributed by atoms with Crippen LogP contribution in [-0.2, 0) is 0 Å². The second-order valence-corrected chi connectivity index (χ2v) is 5.17. The number of rotatable bonds is 6. The van der Waals surface area contributed by atoms with Gasteiger partial charge in [-0.25, -0.2) is 4.98 Å². The summed E-state index contributed by atoms with van der Waals surface area (Å²) in [5, 5.41) is 6.94. The molecule has 4 nitrogen and oxygen atoms in total. The molecule has 0 saturated carbocycles. The molecule has 1 aliphatic heterocycles. The molecule has 2 heterocycles. The van der Waals surface area contributed by atoms with Crippen molar-refractivity contribution >= 4 is 11.5 Å². The molecule has 1 unspecified atom stereocenters. The van der Waals surface area contributed by atoms with Crippen molar-refractivity contribution in [3.63, 3.8) is 0 Å². The molecule has 0 amide bonds. The van der Waals surface area contributed by atoms with Crippen molar-refractivity contribution in [2.75, 3.05) is 42.9 Å². The largest absolute Gasteiger partial charge is 0.383 e. The highest BCUT2D eigenvalue weighted by molar-refractivity contribution is 5.48. The van der Waals surface area contributed by atoms with E-state index in [1.807, 2.05) is 6.20 Å². The van der Waals surface area contributed by atoms with E-state index in [0.717, 1.165) is 43.6 Å². The van der Waals surface area contributed by atoms with Gasteiger partial charge in [0.25, 0.3) is 0 Å². The van der Waals surface area contributed by atoms with E-state index in [1.54, 1.807) is 0 Å². The maximum absolute atomic E-state index is 4.53. The highest BCUT2D eigenvalue weighted by Crippen LogP contribution is 2.15. The van der Waals surface area contributed by atoms with E-state index in [-0.39, 0.29) is 0 Å². The Morgan fingerprint density at radius 2 is 2.21 bits per heavy atom. The maximum Gasteiger partial charge on any atom is 0.128 e. The number of nitrogens with zero attached hydrogens (tertiary/aromatic N) is 2. The molecular formula is C15H26N4. The zero-order chi connectivity index (χ0) is 13.5. The molecular weight excluding hydrogens is 236 g/mol. The number of pyridine rings is 1. The zero-order valence-corrected chi connectivity index (χ0v) is 12.2. The third kappa shape index (κ3) is 4.10. The van der Waals surface area contributed by atoms with E-state index in [0.29, 0.717) is 0 Å². The van der Waals surface area contributed by atoms with Crippen molar-refractivity contribution < 1.29 is 0 Å². The Balaban J connectivity index is 1.84. The Morgan fingerprint density at radius 1 is 1.37 bits per heavy atom. The average molecular weight is 262 g/mol. The average Bonchev–Trinajstić information content (AvgIpc) is 2.49. The minimum Gasteiger partial charge on any atom is -0.383 e. The minimum atomic E-state index is 0.746. The molecule has 1 atom stereocenters. The summed E-state index contributed by atoms with van der Waals surface area (Å²) < 4.78 is 0. The van der Waals surface area contributed by atoms with Gasteiger partial charge in [-0.2, -0.15) is 0 Å². The lowest BCUT2D eigenvalue weighted by molar-refractivity contribution is 0.393. The first-order valence-corrected chi connectivity index (χ1v) is 7.49. The topological polar surface area (TPSA) is 40.2 Å². The molecule has 0 radical (unpaired) electrons. The predicted molar refractivity (Wildman–Crippen MR) is 81.9 cm³/mol. The first-order chi connectivity index (χ1) is 9.33. The van der Waals surface area contributed by atoms with Gasteiger partial charge in [0.15, 0.2) is 0 Å². The van der Waals surface area contributed by atoms with Crippen LogP contribution in [0.2, 0.25) is 0 Å². The number of nitrogens with one attached hydrogen (secondary N) is 2. The van der Waals surface area contributed by atoms with Crippen LogP contribution in [0.5, 0.6) is 0 Å². The molecule has 2 rings (SSSR count). The summed E-state index contributed by atoms with van der Waals surface area (Å²) in [7, 11) is 0. The lowest BCUT2D eigenvalue weighted by Crippen LogP contribution is -2.33. The molecule has 0 bridgehead atoms. The maximum atomic E-state index is 4.53. The van der Waals surface area contributed by atoms with Crippen molar-refractivity contribution in [1.29, 1.82) is 0 Å². The zero-order valence-electron chi connectivity index (χ0n) is 12.2. The minimum absolute atomic E-state index is 0.746. The molecule has 106 valence electrons. The van der Waals surface area contributed by atoms with Crippen LogP contribution in [0.4, 0.5) is 11.5 Å². The fourth-order valence-corrected chi connectivity index (χ4v) is 2.59. The molecule has 1 fully saturated rings. The van der Waals surface area contributed by atoms with Crippen LogP contribution >= 0.6 is 0 Å². The third-order valence-electron chi connectivity index (χ3n) is 3.83. The van der Waals surface area contributed by atoms with Gasteiger partial charge in [0.05, 0.1) is 11.9 Å². The fraction of sp³-hybridized carbons (Fsp3) is 0.667. The molecule has 0 aliphatic carbocycles. The van der Waals surface area contributed by atoms with Gasteiger partial charge in [-0.1, -0.05) is 0 Å². The molecule has 19 heavy (non-hydrogen) atoms. The quantitative estimate of drug-likeness (QED) is 0.825. The summed E-state index contributed by atoms with van der Waals surface area (Å²) in [6.07, 6.45) is 4.57.